The van der Waals surface area contributed by atoms with Gasteiger partial charge in [-0.25, -0.2) is 0 Å². The lowest BCUT2D eigenvalue weighted by molar-refractivity contribution is -0.885. The van der Waals surface area contributed by atoms with Crippen molar-refractivity contribution in [2.24, 2.45) is 0 Å². The van der Waals surface area contributed by atoms with Gasteiger partial charge >= 0.3 is 0 Å². The fourth-order valence-corrected chi connectivity index (χ4v) is 2.69. The van der Waals surface area contributed by atoms with E-state index in [1.54, 1.807) is 7.11 Å². The van der Waals surface area contributed by atoms with E-state index in [0.717, 1.165) is 22.9 Å². The number of amides is 1. The van der Waals surface area contributed by atoms with Gasteiger partial charge in [0.25, 0.3) is 5.91 Å². The molecule has 25 heavy (non-hydrogen) atoms. The molecule has 2 N–H and O–H groups in total. The van der Waals surface area contributed by atoms with Crippen LogP contribution < -0.4 is 15.0 Å². The smallest absolute Gasteiger partial charge is 0.279 e. The van der Waals surface area contributed by atoms with Gasteiger partial charge in [0.05, 0.1) is 14.2 Å². The Balaban J connectivity index is 1.86. The number of benzene rings is 2. The van der Waals surface area contributed by atoms with Crippen molar-refractivity contribution in [2.45, 2.75) is 32.7 Å². The number of ether oxygens (including phenoxy) is 1. The summed E-state index contributed by atoms with van der Waals surface area (Å²) in [6.07, 6.45) is 0. The maximum absolute atomic E-state index is 12.2. The predicted molar refractivity (Wildman–Crippen MR) is 102 cm³/mol. The van der Waals surface area contributed by atoms with E-state index in [0.29, 0.717) is 6.54 Å². The quantitative estimate of drug-likeness (QED) is 0.848. The molecule has 134 valence electrons. The third-order valence-corrected chi connectivity index (χ3v) is 4.16. The van der Waals surface area contributed by atoms with E-state index in [4.69, 9.17) is 4.74 Å². The third kappa shape index (κ3) is 5.91. The van der Waals surface area contributed by atoms with Gasteiger partial charge in [0.2, 0.25) is 0 Å². The molecule has 0 radical (unpaired) electrons. The molecule has 0 saturated carbocycles. The summed E-state index contributed by atoms with van der Waals surface area (Å²) >= 11 is 0. The molecule has 1 amide bonds. The Morgan fingerprint density at radius 1 is 1.04 bits per heavy atom. The van der Waals surface area contributed by atoms with Gasteiger partial charge in [0.15, 0.2) is 6.54 Å². The van der Waals surface area contributed by atoms with Crippen LogP contribution >= 0.6 is 0 Å². The zero-order valence-electron chi connectivity index (χ0n) is 15.8. The molecule has 2 aromatic carbocycles. The van der Waals surface area contributed by atoms with Crippen LogP contribution in [0.15, 0.2) is 48.5 Å². The number of carbonyl (C=O) groups is 1. The highest BCUT2D eigenvalue weighted by molar-refractivity contribution is 5.91. The van der Waals surface area contributed by atoms with Crippen molar-refractivity contribution in [1.29, 1.82) is 0 Å². The van der Waals surface area contributed by atoms with Crippen LogP contribution in [-0.2, 0) is 16.8 Å². The molecule has 0 aliphatic heterocycles. The molecule has 0 saturated heterocycles. The third-order valence-electron chi connectivity index (χ3n) is 4.16. The lowest BCUT2D eigenvalue weighted by atomic mass is 9.87. The van der Waals surface area contributed by atoms with E-state index in [-0.39, 0.29) is 11.3 Å². The summed E-state index contributed by atoms with van der Waals surface area (Å²) in [4.78, 5) is 13.3. The predicted octanol–water partition coefficient (Wildman–Crippen LogP) is 2.65. The van der Waals surface area contributed by atoms with E-state index in [1.807, 2.05) is 31.3 Å². The van der Waals surface area contributed by atoms with Gasteiger partial charge in [-0.1, -0.05) is 45.0 Å². The number of nitrogens with one attached hydrogen (secondary N) is 2. The van der Waals surface area contributed by atoms with Crippen molar-refractivity contribution in [1.82, 2.24) is 0 Å². The highest BCUT2D eigenvalue weighted by atomic mass is 16.5. The molecule has 0 heterocycles. The summed E-state index contributed by atoms with van der Waals surface area (Å²) in [5, 5.41) is 2.92. The van der Waals surface area contributed by atoms with Crippen LogP contribution in [0.2, 0.25) is 0 Å². The van der Waals surface area contributed by atoms with Crippen molar-refractivity contribution in [3.8, 4) is 5.75 Å². The van der Waals surface area contributed by atoms with E-state index in [2.05, 4.69) is 50.4 Å². The lowest BCUT2D eigenvalue weighted by Gasteiger charge is -2.19. The molecule has 0 bridgehead atoms. The van der Waals surface area contributed by atoms with Gasteiger partial charge < -0.3 is 15.0 Å². The summed E-state index contributed by atoms with van der Waals surface area (Å²) < 4.78 is 5.12. The number of hydrogen-bond donors (Lipinski definition) is 2. The molecule has 0 aliphatic rings. The lowest BCUT2D eigenvalue weighted by Crippen LogP contribution is -3.08. The van der Waals surface area contributed by atoms with E-state index < -0.39 is 0 Å². The maximum atomic E-state index is 12.2. The van der Waals surface area contributed by atoms with Gasteiger partial charge in [0, 0.05) is 11.3 Å². The number of carbonyl (C=O) groups excluding carboxylic acids is 1. The van der Waals surface area contributed by atoms with Crippen molar-refractivity contribution in [2.75, 3.05) is 26.0 Å². The first kappa shape index (κ1) is 19.0. The molecule has 0 spiro atoms. The number of anilines is 1. The molecule has 2 aromatic rings. The Labute approximate surface area is 150 Å². The number of methoxy groups -OCH3 is 1. The molecule has 4 nitrogen and oxygen atoms in total. The normalized spacial score (nSPS) is 12.5. The van der Waals surface area contributed by atoms with Gasteiger partial charge in [0.1, 0.15) is 12.3 Å². The number of quaternary nitrogens is 1. The first-order valence-electron chi connectivity index (χ1n) is 8.62. The van der Waals surface area contributed by atoms with Gasteiger partial charge in [-0.05, 0) is 35.2 Å². The highest BCUT2D eigenvalue weighted by Crippen LogP contribution is 2.22. The Kier molecular flexibility index (Phi) is 6.21. The standard InChI is InChI=1S/C21H28N2O2/c1-21(2,3)17-8-6-16(7-9-17)14-23(4)15-20(24)22-18-10-12-19(25-5)13-11-18/h6-13H,14-15H2,1-5H3,(H,22,24)/p+1. The maximum Gasteiger partial charge on any atom is 0.279 e. The van der Waals surface area contributed by atoms with E-state index >= 15 is 0 Å². The Hall–Kier alpha value is -2.33. The van der Waals surface area contributed by atoms with E-state index in [1.165, 1.54) is 11.1 Å². The van der Waals surface area contributed by atoms with Crippen LogP contribution in [0, 0.1) is 0 Å². The molecular weight excluding hydrogens is 312 g/mol. The number of rotatable bonds is 6. The molecule has 4 heteroatoms. The monoisotopic (exact) mass is 341 g/mol. The minimum absolute atomic E-state index is 0.00831. The minimum Gasteiger partial charge on any atom is -0.497 e. The van der Waals surface area contributed by atoms with E-state index in [9.17, 15) is 4.79 Å². The molecular formula is C21H29N2O2+. The molecule has 0 aromatic heterocycles. The second kappa shape index (κ2) is 8.17. The van der Waals surface area contributed by atoms with Crippen LogP contribution in [0.1, 0.15) is 31.9 Å². The largest absolute Gasteiger partial charge is 0.497 e. The fourth-order valence-electron chi connectivity index (χ4n) is 2.69. The minimum atomic E-state index is 0.00831. The summed E-state index contributed by atoms with van der Waals surface area (Å²) in [5.41, 5.74) is 3.51. The first-order valence-corrected chi connectivity index (χ1v) is 8.62. The molecule has 0 aliphatic carbocycles. The Morgan fingerprint density at radius 2 is 1.64 bits per heavy atom. The zero-order valence-corrected chi connectivity index (χ0v) is 15.8. The molecule has 2 rings (SSSR count). The number of likely N-dealkylation sites (N-methyl/N-ethyl adjacent to an activating group) is 1. The van der Waals surface area contributed by atoms with Crippen LogP contribution in [0.3, 0.4) is 0 Å². The second-order valence-electron chi connectivity index (χ2n) is 7.53. The second-order valence-corrected chi connectivity index (χ2v) is 7.53. The van der Waals surface area contributed by atoms with Crippen LogP contribution in [-0.4, -0.2) is 26.6 Å². The van der Waals surface area contributed by atoms with Crippen LogP contribution in [0.4, 0.5) is 5.69 Å². The topological polar surface area (TPSA) is 42.8 Å². The summed E-state index contributed by atoms with van der Waals surface area (Å²) in [5.74, 6) is 0.786. The fraction of sp³-hybridized carbons (Fsp3) is 0.381. The summed E-state index contributed by atoms with van der Waals surface area (Å²) in [6.45, 7) is 7.88. The van der Waals surface area contributed by atoms with Crippen LogP contribution in [0.5, 0.6) is 5.75 Å². The van der Waals surface area contributed by atoms with Crippen LogP contribution in [0.25, 0.3) is 0 Å². The first-order chi connectivity index (χ1) is 11.8. The van der Waals surface area contributed by atoms with Crippen molar-refractivity contribution < 1.29 is 14.4 Å². The summed E-state index contributed by atoms with van der Waals surface area (Å²) in [6, 6.07) is 16.0. The summed E-state index contributed by atoms with van der Waals surface area (Å²) in [7, 11) is 3.66. The highest BCUT2D eigenvalue weighted by Gasteiger charge is 2.14. The van der Waals surface area contributed by atoms with Crippen molar-refractivity contribution in [3.05, 3.63) is 59.7 Å². The SMILES string of the molecule is COc1ccc(NC(=O)C[NH+](C)Cc2ccc(C(C)(C)C)cc2)cc1. The Morgan fingerprint density at radius 3 is 2.16 bits per heavy atom. The number of hydrogen-bond acceptors (Lipinski definition) is 2. The van der Waals surface area contributed by atoms with Crippen molar-refractivity contribution in [3.63, 3.8) is 0 Å². The van der Waals surface area contributed by atoms with Crippen molar-refractivity contribution >= 4 is 11.6 Å². The zero-order chi connectivity index (χ0) is 18.4. The Bertz CT molecular complexity index is 685. The molecule has 1 atom stereocenters. The van der Waals surface area contributed by atoms with Gasteiger partial charge in [-0.15, -0.1) is 0 Å². The van der Waals surface area contributed by atoms with Gasteiger partial charge in [-0.2, -0.15) is 0 Å². The molecule has 0 fully saturated rings. The average Bonchev–Trinajstić information content (AvgIpc) is 2.55. The van der Waals surface area contributed by atoms with Gasteiger partial charge in [-0.3, -0.25) is 4.79 Å². The molecule has 1 unspecified atom stereocenters. The average molecular weight is 341 g/mol.